The van der Waals surface area contributed by atoms with Crippen molar-refractivity contribution in [2.45, 2.75) is 26.8 Å². The molecule has 41 heavy (non-hydrogen) atoms. The van der Waals surface area contributed by atoms with E-state index >= 15 is 0 Å². The van der Waals surface area contributed by atoms with Crippen LogP contribution in [-0.4, -0.2) is 28.1 Å². The van der Waals surface area contributed by atoms with Crippen LogP contribution in [0.25, 0.3) is 5.69 Å². The molecule has 4 aromatic carbocycles. The summed E-state index contributed by atoms with van der Waals surface area (Å²) in [4.78, 5) is 12.7. The van der Waals surface area contributed by atoms with Crippen LogP contribution in [0, 0.1) is 13.8 Å². The van der Waals surface area contributed by atoms with Crippen molar-refractivity contribution in [1.82, 2.24) is 9.78 Å². The average molecular weight is 539 g/mol. The molecule has 0 amide bonds. The molecule has 0 aliphatic carbocycles. The average Bonchev–Trinajstić information content (AvgIpc) is 3.34. The number of fused-ring (bicyclic) bond motifs is 4. The van der Waals surface area contributed by atoms with E-state index in [0.29, 0.717) is 12.4 Å². The van der Waals surface area contributed by atoms with Crippen LogP contribution in [-0.2, 0) is 0 Å². The van der Waals surface area contributed by atoms with Crippen LogP contribution in [0.2, 0.25) is 0 Å². The lowest BCUT2D eigenvalue weighted by Crippen LogP contribution is -2.46. The fraction of sp³-hybridized carbons (Fsp3) is 0.147. The van der Waals surface area contributed by atoms with Crippen LogP contribution < -0.4 is 15.0 Å². The van der Waals surface area contributed by atoms with E-state index in [4.69, 9.17) is 19.8 Å². The number of nitrogens with one attached hydrogen (secondary N) is 1. The van der Waals surface area contributed by atoms with E-state index in [1.54, 1.807) is 0 Å². The normalized spacial score (nSPS) is 15.3. The van der Waals surface area contributed by atoms with Gasteiger partial charge < -0.3 is 15.0 Å². The van der Waals surface area contributed by atoms with Gasteiger partial charge in [-0.05, 0) is 74.9 Å². The molecule has 0 unspecified atom stereocenters. The molecular weight excluding hydrogens is 508 g/mol. The Labute approximate surface area is 239 Å². The smallest absolute Gasteiger partial charge is 0.179 e. The van der Waals surface area contributed by atoms with Crippen molar-refractivity contribution in [2.24, 2.45) is 9.98 Å². The molecule has 2 aliphatic heterocycles. The number of anilines is 2. The number of benzene rings is 4. The number of rotatable bonds is 5. The number of aromatic nitrogens is 2. The van der Waals surface area contributed by atoms with Crippen molar-refractivity contribution in [3.63, 3.8) is 0 Å². The molecule has 3 heterocycles. The fourth-order valence-corrected chi connectivity index (χ4v) is 5.55. The number of ether oxygens (including phenoxy) is 1. The Balaban J connectivity index is 1.46. The highest BCUT2D eigenvalue weighted by atomic mass is 16.5. The summed E-state index contributed by atoms with van der Waals surface area (Å²) >= 11 is 0. The number of amidine groups is 2. The van der Waals surface area contributed by atoms with Gasteiger partial charge in [0.2, 0.25) is 0 Å². The summed E-state index contributed by atoms with van der Waals surface area (Å²) in [7, 11) is 0. The zero-order valence-electron chi connectivity index (χ0n) is 23.2. The third-order valence-electron chi connectivity index (χ3n) is 7.46. The highest BCUT2D eigenvalue weighted by Gasteiger charge is 2.41. The minimum atomic E-state index is -0.183. The minimum absolute atomic E-state index is 0.183. The lowest BCUT2D eigenvalue weighted by Gasteiger charge is -2.40. The van der Waals surface area contributed by atoms with Crippen LogP contribution in [0.15, 0.2) is 113 Å². The molecule has 1 N–H and O–H groups in total. The van der Waals surface area contributed by atoms with Gasteiger partial charge in [-0.15, -0.1) is 0 Å². The first kappa shape index (κ1) is 24.8. The van der Waals surface area contributed by atoms with Gasteiger partial charge in [-0.2, -0.15) is 5.10 Å². The molecule has 5 aromatic rings. The molecule has 1 atom stereocenters. The molecule has 0 saturated carbocycles. The first-order valence-electron chi connectivity index (χ1n) is 13.9. The molecule has 7 rings (SSSR count). The Morgan fingerprint density at radius 3 is 2.29 bits per heavy atom. The molecule has 2 aliphatic rings. The van der Waals surface area contributed by atoms with E-state index in [2.05, 4.69) is 84.7 Å². The maximum atomic E-state index is 5.78. The van der Waals surface area contributed by atoms with Gasteiger partial charge in [0.1, 0.15) is 5.75 Å². The lowest BCUT2D eigenvalue weighted by atomic mass is 9.93. The minimum Gasteiger partial charge on any atom is -0.494 e. The van der Waals surface area contributed by atoms with E-state index < -0.39 is 0 Å². The Kier molecular flexibility index (Phi) is 6.12. The molecule has 7 heteroatoms. The van der Waals surface area contributed by atoms with E-state index in [0.717, 1.165) is 57.0 Å². The summed E-state index contributed by atoms with van der Waals surface area (Å²) in [5.41, 5.74) is 8.10. The molecule has 0 fully saturated rings. The topological polar surface area (TPSA) is 67.0 Å². The highest BCUT2D eigenvalue weighted by molar-refractivity contribution is 6.51. The van der Waals surface area contributed by atoms with Crippen LogP contribution in [0.3, 0.4) is 0 Å². The molecule has 0 bridgehead atoms. The zero-order chi connectivity index (χ0) is 27.9. The Morgan fingerprint density at radius 1 is 0.805 bits per heavy atom. The van der Waals surface area contributed by atoms with Crippen molar-refractivity contribution in [3.05, 3.63) is 126 Å². The van der Waals surface area contributed by atoms with Gasteiger partial charge in [-0.3, -0.25) is 0 Å². The van der Waals surface area contributed by atoms with E-state index in [-0.39, 0.29) is 6.04 Å². The molecular formula is C34H30N6O. The number of aryl methyl sites for hydroxylation is 2. The van der Waals surface area contributed by atoms with Crippen LogP contribution >= 0.6 is 0 Å². The third-order valence-corrected chi connectivity index (χ3v) is 7.46. The summed E-state index contributed by atoms with van der Waals surface area (Å²) in [5, 5.41) is 8.59. The second-order valence-corrected chi connectivity index (χ2v) is 10.2. The monoisotopic (exact) mass is 538 g/mol. The third kappa shape index (κ3) is 4.36. The first-order chi connectivity index (χ1) is 20.1. The van der Waals surface area contributed by atoms with E-state index in [1.165, 1.54) is 5.56 Å². The van der Waals surface area contributed by atoms with Gasteiger partial charge in [-0.1, -0.05) is 60.2 Å². The lowest BCUT2D eigenvalue weighted by molar-refractivity contribution is 0.340. The first-order valence-corrected chi connectivity index (χ1v) is 13.9. The van der Waals surface area contributed by atoms with E-state index in [9.17, 15) is 0 Å². The second kappa shape index (κ2) is 10.1. The van der Waals surface area contributed by atoms with E-state index in [1.807, 2.05) is 54.1 Å². The van der Waals surface area contributed by atoms with Gasteiger partial charge in [0, 0.05) is 11.3 Å². The van der Waals surface area contributed by atoms with Crippen molar-refractivity contribution in [2.75, 3.05) is 16.8 Å². The molecule has 7 nitrogen and oxygen atoms in total. The quantitative estimate of drug-likeness (QED) is 0.249. The standard InChI is InChI=1S/C34H30N6O/c1-4-41-27-20-16-24(17-21-27)31-30-23(3)38-40(26-10-6-5-7-11-26)33(30)37-34-32(35-25-18-14-22(2)15-19-25)36-28-12-8-9-13-29(28)39(31)34/h5-21,31H,4H2,1-3H3,(H,35,36)/t31-/m1/s1. The Hall–Kier alpha value is -5.17. The maximum absolute atomic E-state index is 5.78. The summed E-state index contributed by atoms with van der Waals surface area (Å²) in [5.74, 6) is 3.08. The van der Waals surface area contributed by atoms with Crippen molar-refractivity contribution in [3.8, 4) is 11.4 Å². The summed E-state index contributed by atoms with van der Waals surface area (Å²) in [6.45, 7) is 6.77. The zero-order valence-corrected chi connectivity index (χ0v) is 23.2. The van der Waals surface area contributed by atoms with Crippen LogP contribution in [0.1, 0.15) is 35.3 Å². The second-order valence-electron chi connectivity index (χ2n) is 10.2. The van der Waals surface area contributed by atoms with Gasteiger partial charge in [-0.25, -0.2) is 14.7 Å². The maximum Gasteiger partial charge on any atom is 0.179 e. The number of aliphatic imine (C=N–C) groups is 2. The van der Waals surface area contributed by atoms with Gasteiger partial charge in [0.15, 0.2) is 17.5 Å². The SMILES string of the molecule is CCOc1ccc([C@@H]2c3c(C)nn(-c4ccccc4)c3N=C3C(Nc4ccc(C)cc4)=Nc4ccccc4N32)cc1. The molecule has 202 valence electrons. The van der Waals surface area contributed by atoms with Crippen molar-refractivity contribution < 1.29 is 4.74 Å². The molecule has 0 radical (unpaired) electrons. The predicted octanol–water partition coefficient (Wildman–Crippen LogP) is 7.68. The molecule has 0 saturated heterocycles. The number of hydrogen-bond acceptors (Lipinski definition) is 6. The molecule has 0 spiro atoms. The fourth-order valence-electron chi connectivity index (χ4n) is 5.55. The highest BCUT2D eigenvalue weighted by Crippen LogP contribution is 2.48. The predicted molar refractivity (Wildman–Crippen MR) is 166 cm³/mol. The summed E-state index contributed by atoms with van der Waals surface area (Å²) in [6.07, 6.45) is 0. The number of para-hydroxylation sites is 3. The van der Waals surface area contributed by atoms with Gasteiger partial charge in [0.25, 0.3) is 0 Å². The van der Waals surface area contributed by atoms with Crippen molar-refractivity contribution in [1.29, 1.82) is 0 Å². The molecule has 1 aromatic heterocycles. The van der Waals surface area contributed by atoms with Crippen LogP contribution in [0.4, 0.5) is 22.9 Å². The Morgan fingerprint density at radius 2 is 1.54 bits per heavy atom. The largest absolute Gasteiger partial charge is 0.494 e. The summed E-state index contributed by atoms with van der Waals surface area (Å²) in [6, 6.07) is 34.9. The Bertz CT molecular complexity index is 1790. The number of nitrogens with zero attached hydrogens (tertiary/aromatic N) is 5. The number of hydrogen-bond donors (Lipinski definition) is 1. The van der Waals surface area contributed by atoms with Crippen LogP contribution in [0.5, 0.6) is 5.75 Å². The van der Waals surface area contributed by atoms with Crippen molar-refractivity contribution >= 4 is 34.6 Å². The van der Waals surface area contributed by atoms with Gasteiger partial charge in [0.05, 0.1) is 35.4 Å². The summed E-state index contributed by atoms with van der Waals surface area (Å²) < 4.78 is 7.72. The van der Waals surface area contributed by atoms with Gasteiger partial charge >= 0.3 is 0 Å².